The molecule has 0 unspecified atom stereocenters. The largest absolute Gasteiger partial charge is 0.436 e. The first kappa shape index (κ1) is 13.9. The molecule has 0 bridgehead atoms. The summed E-state index contributed by atoms with van der Waals surface area (Å²) in [5.41, 5.74) is 6.65. The molecule has 1 aromatic carbocycles. The number of imidazole rings is 1. The topological polar surface area (TPSA) is 52.5 Å². The van der Waals surface area contributed by atoms with Crippen LogP contribution in [0, 0.1) is 0 Å². The highest BCUT2D eigenvalue weighted by Crippen LogP contribution is 2.34. The van der Waals surface area contributed by atoms with Gasteiger partial charge in [-0.25, -0.2) is 0 Å². The minimum absolute atomic E-state index is 0.543. The molecule has 0 amide bonds. The summed E-state index contributed by atoms with van der Waals surface area (Å²) in [4.78, 5) is 5.40. The zero-order valence-electron chi connectivity index (χ0n) is 10.3. The van der Waals surface area contributed by atoms with Crippen LogP contribution in [-0.2, 0) is 6.42 Å². The molecule has 0 radical (unpaired) electrons. The van der Waals surface area contributed by atoms with Gasteiger partial charge >= 0.3 is 0 Å². The van der Waals surface area contributed by atoms with Crippen molar-refractivity contribution in [1.29, 1.82) is 0 Å². The first-order valence-corrected chi connectivity index (χ1v) is 8.01. The fourth-order valence-electron chi connectivity index (χ4n) is 1.92. The standard InChI is InChI=1S/C13H11BrClN3OS/c14-9-7-8(15)1-2-11(9)19-12-10(3-4-16)18-5-6-20-13(18)17-12/h1-2,5-7H,3-4,16H2. The molecule has 3 aromatic rings. The van der Waals surface area contributed by atoms with Crippen molar-refractivity contribution in [2.24, 2.45) is 5.73 Å². The third-order valence-corrected chi connectivity index (χ3v) is 4.42. The van der Waals surface area contributed by atoms with Gasteiger partial charge in [-0.15, -0.1) is 11.3 Å². The summed E-state index contributed by atoms with van der Waals surface area (Å²) in [7, 11) is 0. The third kappa shape index (κ3) is 2.56. The summed E-state index contributed by atoms with van der Waals surface area (Å²) < 4.78 is 8.71. The molecule has 4 nitrogen and oxygen atoms in total. The molecule has 0 aliphatic rings. The van der Waals surface area contributed by atoms with Gasteiger partial charge in [-0.1, -0.05) is 11.6 Å². The Morgan fingerprint density at radius 3 is 3.05 bits per heavy atom. The number of nitrogens with zero attached hydrogens (tertiary/aromatic N) is 2. The highest BCUT2D eigenvalue weighted by molar-refractivity contribution is 9.10. The fraction of sp³-hybridized carbons (Fsp3) is 0.154. The van der Waals surface area contributed by atoms with E-state index < -0.39 is 0 Å². The van der Waals surface area contributed by atoms with Crippen LogP contribution >= 0.6 is 38.9 Å². The summed E-state index contributed by atoms with van der Waals surface area (Å²) in [5.74, 6) is 1.27. The van der Waals surface area contributed by atoms with E-state index in [0.29, 0.717) is 29.6 Å². The van der Waals surface area contributed by atoms with Crippen LogP contribution in [0.3, 0.4) is 0 Å². The monoisotopic (exact) mass is 371 g/mol. The molecule has 104 valence electrons. The minimum Gasteiger partial charge on any atom is -0.436 e. The summed E-state index contributed by atoms with van der Waals surface area (Å²) in [6.07, 6.45) is 2.68. The number of hydrogen-bond acceptors (Lipinski definition) is 4. The number of ether oxygens (including phenoxy) is 1. The number of aromatic nitrogens is 2. The van der Waals surface area contributed by atoms with Gasteiger partial charge in [0.15, 0.2) is 4.96 Å². The van der Waals surface area contributed by atoms with Gasteiger partial charge in [0, 0.05) is 23.0 Å². The second kappa shape index (κ2) is 5.73. The molecular formula is C13H11BrClN3OS. The van der Waals surface area contributed by atoms with E-state index in [9.17, 15) is 0 Å². The van der Waals surface area contributed by atoms with Crippen LogP contribution in [0.1, 0.15) is 5.69 Å². The second-order valence-electron chi connectivity index (χ2n) is 4.13. The van der Waals surface area contributed by atoms with E-state index in [0.717, 1.165) is 15.1 Å². The molecule has 20 heavy (non-hydrogen) atoms. The van der Waals surface area contributed by atoms with Crippen molar-refractivity contribution in [2.45, 2.75) is 6.42 Å². The van der Waals surface area contributed by atoms with Crippen molar-refractivity contribution in [3.63, 3.8) is 0 Å². The van der Waals surface area contributed by atoms with E-state index in [4.69, 9.17) is 22.1 Å². The molecule has 0 saturated carbocycles. The molecule has 0 saturated heterocycles. The Labute approximate surface area is 133 Å². The lowest BCUT2D eigenvalue weighted by molar-refractivity contribution is 0.456. The Balaban J connectivity index is 2.01. The summed E-state index contributed by atoms with van der Waals surface area (Å²) >= 11 is 10.9. The summed E-state index contributed by atoms with van der Waals surface area (Å²) in [6, 6.07) is 5.38. The van der Waals surface area contributed by atoms with Gasteiger partial charge in [0.1, 0.15) is 5.75 Å². The normalized spacial score (nSPS) is 11.2. The number of thiazole rings is 1. The van der Waals surface area contributed by atoms with E-state index in [1.54, 1.807) is 23.5 Å². The predicted molar refractivity (Wildman–Crippen MR) is 85.1 cm³/mol. The molecule has 0 fully saturated rings. The fourth-order valence-corrected chi connectivity index (χ4v) is 3.41. The highest BCUT2D eigenvalue weighted by Gasteiger charge is 2.15. The molecule has 0 spiro atoms. The lowest BCUT2D eigenvalue weighted by atomic mass is 10.3. The maximum absolute atomic E-state index is 5.93. The Morgan fingerprint density at radius 2 is 2.30 bits per heavy atom. The lowest BCUT2D eigenvalue weighted by Gasteiger charge is -2.07. The summed E-state index contributed by atoms with van der Waals surface area (Å²) in [5, 5.41) is 2.64. The summed E-state index contributed by atoms with van der Waals surface area (Å²) in [6.45, 7) is 0.543. The van der Waals surface area contributed by atoms with Gasteiger partial charge in [0.2, 0.25) is 5.88 Å². The van der Waals surface area contributed by atoms with Crippen LogP contribution in [0.4, 0.5) is 0 Å². The molecule has 0 aliphatic heterocycles. The molecule has 2 heterocycles. The Morgan fingerprint density at radius 1 is 1.45 bits per heavy atom. The molecule has 2 N–H and O–H groups in total. The number of nitrogens with two attached hydrogens (primary N) is 1. The highest BCUT2D eigenvalue weighted by atomic mass is 79.9. The van der Waals surface area contributed by atoms with Crippen molar-refractivity contribution in [3.8, 4) is 11.6 Å². The maximum atomic E-state index is 5.93. The van der Waals surface area contributed by atoms with Crippen LogP contribution in [-0.4, -0.2) is 15.9 Å². The lowest BCUT2D eigenvalue weighted by Crippen LogP contribution is -2.05. The van der Waals surface area contributed by atoms with Crippen LogP contribution in [0.25, 0.3) is 4.96 Å². The second-order valence-corrected chi connectivity index (χ2v) is 6.30. The average Bonchev–Trinajstić information content (AvgIpc) is 2.96. The van der Waals surface area contributed by atoms with E-state index in [1.807, 2.05) is 22.0 Å². The van der Waals surface area contributed by atoms with Crippen molar-refractivity contribution in [1.82, 2.24) is 9.38 Å². The van der Waals surface area contributed by atoms with Crippen molar-refractivity contribution >= 4 is 43.8 Å². The van der Waals surface area contributed by atoms with E-state index in [-0.39, 0.29) is 0 Å². The van der Waals surface area contributed by atoms with Gasteiger partial charge in [-0.3, -0.25) is 4.40 Å². The zero-order chi connectivity index (χ0) is 14.1. The van der Waals surface area contributed by atoms with E-state index in [2.05, 4.69) is 20.9 Å². The first-order valence-electron chi connectivity index (χ1n) is 5.96. The van der Waals surface area contributed by atoms with Crippen molar-refractivity contribution in [2.75, 3.05) is 6.54 Å². The van der Waals surface area contributed by atoms with Crippen LogP contribution in [0.5, 0.6) is 11.6 Å². The minimum atomic E-state index is 0.543. The number of rotatable bonds is 4. The molecule has 7 heteroatoms. The zero-order valence-corrected chi connectivity index (χ0v) is 13.5. The van der Waals surface area contributed by atoms with Crippen molar-refractivity contribution < 1.29 is 4.74 Å². The van der Waals surface area contributed by atoms with Crippen LogP contribution in [0.15, 0.2) is 34.2 Å². The van der Waals surface area contributed by atoms with Gasteiger partial charge < -0.3 is 10.5 Å². The first-order chi connectivity index (χ1) is 9.69. The average molecular weight is 373 g/mol. The molecule has 0 atom stereocenters. The molecular weight excluding hydrogens is 362 g/mol. The number of halogens is 2. The third-order valence-electron chi connectivity index (χ3n) is 2.81. The Hall–Kier alpha value is -1.08. The number of benzene rings is 1. The van der Waals surface area contributed by atoms with Gasteiger partial charge in [-0.05, 0) is 40.7 Å². The van der Waals surface area contributed by atoms with Gasteiger partial charge in [0.05, 0.1) is 10.2 Å². The van der Waals surface area contributed by atoms with Gasteiger partial charge in [-0.2, -0.15) is 4.98 Å². The van der Waals surface area contributed by atoms with E-state index in [1.165, 1.54) is 0 Å². The van der Waals surface area contributed by atoms with E-state index >= 15 is 0 Å². The van der Waals surface area contributed by atoms with Crippen LogP contribution in [0.2, 0.25) is 5.02 Å². The van der Waals surface area contributed by atoms with Gasteiger partial charge in [0.25, 0.3) is 0 Å². The smallest absolute Gasteiger partial charge is 0.242 e. The molecule has 0 aliphatic carbocycles. The Bertz CT molecular complexity index is 755. The maximum Gasteiger partial charge on any atom is 0.242 e. The molecule has 2 aromatic heterocycles. The molecule has 3 rings (SSSR count). The van der Waals surface area contributed by atoms with Crippen LogP contribution < -0.4 is 10.5 Å². The predicted octanol–water partition coefficient (Wildman–Crippen LogP) is 4.11. The SMILES string of the molecule is NCCc1c(Oc2ccc(Cl)cc2Br)nc2sccn12. The van der Waals surface area contributed by atoms with Crippen molar-refractivity contribution in [3.05, 3.63) is 45.0 Å². The quantitative estimate of drug-likeness (QED) is 0.750. The number of fused-ring (bicyclic) bond motifs is 1. The number of hydrogen-bond donors (Lipinski definition) is 1. The Kier molecular flexibility index (Phi) is 3.98.